The van der Waals surface area contributed by atoms with Crippen molar-refractivity contribution in [2.45, 2.75) is 19.3 Å². The summed E-state index contributed by atoms with van der Waals surface area (Å²) in [4.78, 5) is 35.7. The molecule has 8 nitrogen and oxygen atoms in total. The van der Waals surface area contributed by atoms with Crippen molar-refractivity contribution in [3.63, 3.8) is 0 Å². The van der Waals surface area contributed by atoms with Crippen molar-refractivity contribution < 1.29 is 9.72 Å². The van der Waals surface area contributed by atoms with Crippen molar-refractivity contribution in [1.29, 1.82) is 0 Å². The molecular weight excluding hydrogens is 406 g/mol. The van der Waals surface area contributed by atoms with Crippen LogP contribution in [-0.4, -0.2) is 51.9 Å². The summed E-state index contributed by atoms with van der Waals surface area (Å²) in [5, 5.41) is 12.4. The number of nitrogens with zero attached hydrogens (tertiary/aromatic N) is 4. The fraction of sp³-hybridized carbons (Fsp3) is 0.333. The lowest BCUT2D eigenvalue weighted by Crippen LogP contribution is -2.44. The number of pyridine rings is 1. The zero-order valence-electron chi connectivity index (χ0n) is 17.7. The quantitative estimate of drug-likeness (QED) is 0.498. The molecule has 0 bridgehead atoms. The Bertz CT molecular complexity index is 1190. The highest BCUT2D eigenvalue weighted by molar-refractivity contribution is 5.91. The van der Waals surface area contributed by atoms with Crippen LogP contribution in [0.15, 0.2) is 54.9 Å². The van der Waals surface area contributed by atoms with Gasteiger partial charge in [-0.3, -0.25) is 14.9 Å². The van der Waals surface area contributed by atoms with Gasteiger partial charge in [0.25, 0.3) is 5.69 Å². The highest BCUT2D eigenvalue weighted by Gasteiger charge is 2.31. The fourth-order valence-electron chi connectivity index (χ4n) is 4.85. The van der Waals surface area contributed by atoms with Crippen LogP contribution >= 0.6 is 0 Å². The van der Waals surface area contributed by atoms with Crippen LogP contribution in [0, 0.1) is 16.0 Å². The van der Waals surface area contributed by atoms with Gasteiger partial charge in [0.2, 0.25) is 5.91 Å². The van der Waals surface area contributed by atoms with E-state index in [0.29, 0.717) is 44.7 Å². The van der Waals surface area contributed by atoms with E-state index < -0.39 is 0 Å². The number of carbonyl (C=O) groups excluding carboxylic acids is 1. The monoisotopic (exact) mass is 431 g/mol. The van der Waals surface area contributed by atoms with Crippen molar-refractivity contribution >= 4 is 33.9 Å². The van der Waals surface area contributed by atoms with Crippen LogP contribution in [0.1, 0.15) is 24.8 Å². The van der Waals surface area contributed by atoms with Crippen LogP contribution < -0.4 is 4.90 Å². The first-order valence-corrected chi connectivity index (χ1v) is 11.0. The Labute approximate surface area is 185 Å². The molecule has 164 valence electrons. The lowest BCUT2D eigenvalue weighted by atomic mass is 9.93. The van der Waals surface area contributed by atoms with Gasteiger partial charge in [-0.2, -0.15) is 0 Å². The number of hydrogen-bond donors (Lipinski definition) is 1. The first kappa shape index (κ1) is 20.2. The van der Waals surface area contributed by atoms with E-state index in [4.69, 9.17) is 0 Å². The molecule has 1 fully saturated rings. The molecule has 1 amide bonds. The van der Waals surface area contributed by atoms with Crippen molar-refractivity contribution in [2.24, 2.45) is 5.92 Å². The molecule has 32 heavy (non-hydrogen) atoms. The molecule has 0 spiro atoms. The van der Waals surface area contributed by atoms with Crippen LogP contribution in [-0.2, 0) is 4.79 Å². The second-order valence-electron chi connectivity index (χ2n) is 8.37. The smallest absolute Gasteiger partial charge is 0.292 e. The Morgan fingerprint density at radius 1 is 1.12 bits per heavy atom. The third-order valence-electron chi connectivity index (χ3n) is 6.58. The number of fused-ring (bicyclic) bond motifs is 1. The van der Waals surface area contributed by atoms with Gasteiger partial charge in [0.1, 0.15) is 11.3 Å². The SMILES string of the molecule is O=C(C1CCN(c2ccccc2[N+](=O)[O-])CC1)N1CC=C(c2c[nH]c3ncccc23)CC1. The van der Waals surface area contributed by atoms with Gasteiger partial charge < -0.3 is 14.8 Å². The predicted octanol–water partition coefficient (Wildman–Crippen LogP) is 4.00. The number of anilines is 1. The maximum absolute atomic E-state index is 13.1. The molecule has 3 aromatic rings. The zero-order chi connectivity index (χ0) is 22.1. The van der Waals surface area contributed by atoms with E-state index in [-0.39, 0.29) is 22.4 Å². The normalized spacial score (nSPS) is 17.4. The summed E-state index contributed by atoms with van der Waals surface area (Å²) in [7, 11) is 0. The third kappa shape index (κ3) is 3.72. The molecule has 1 N–H and O–H groups in total. The van der Waals surface area contributed by atoms with Crippen molar-refractivity contribution in [2.75, 3.05) is 31.1 Å². The Morgan fingerprint density at radius 3 is 2.69 bits per heavy atom. The summed E-state index contributed by atoms with van der Waals surface area (Å²) in [6, 6.07) is 10.8. The lowest BCUT2D eigenvalue weighted by molar-refractivity contribution is -0.384. The summed E-state index contributed by atoms with van der Waals surface area (Å²) in [6.07, 6.45) is 8.18. The third-order valence-corrected chi connectivity index (χ3v) is 6.58. The number of benzene rings is 1. The molecule has 1 saturated heterocycles. The van der Waals surface area contributed by atoms with E-state index >= 15 is 0 Å². The second-order valence-corrected chi connectivity index (χ2v) is 8.37. The molecule has 2 aliphatic heterocycles. The largest absolute Gasteiger partial charge is 0.366 e. The molecule has 2 aliphatic rings. The molecule has 0 aliphatic carbocycles. The number of nitro groups is 1. The van der Waals surface area contributed by atoms with E-state index in [1.807, 2.05) is 28.1 Å². The zero-order valence-corrected chi connectivity index (χ0v) is 17.7. The lowest BCUT2D eigenvalue weighted by Gasteiger charge is -2.36. The van der Waals surface area contributed by atoms with Gasteiger partial charge in [0.05, 0.1) is 4.92 Å². The maximum atomic E-state index is 13.1. The van der Waals surface area contributed by atoms with E-state index in [2.05, 4.69) is 22.1 Å². The summed E-state index contributed by atoms with van der Waals surface area (Å²) in [5.41, 5.74) is 4.06. The van der Waals surface area contributed by atoms with Crippen LogP contribution in [0.5, 0.6) is 0 Å². The van der Waals surface area contributed by atoms with E-state index in [0.717, 1.165) is 23.0 Å². The topological polar surface area (TPSA) is 95.4 Å². The highest BCUT2D eigenvalue weighted by Crippen LogP contribution is 2.33. The van der Waals surface area contributed by atoms with Crippen LogP contribution in [0.3, 0.4) is 0 Å². The number of para-hydroxylation sites is 2. The van der Waals surface area contributed by atoms with Gasteiger partial charge in [0, 0.05) is 61.5 Å². The van der Waals surface area contributed by atoms with Crippen molar-refractivity contribution in [1.82, 2.24) is 14.9 Å². The van der Waals surface area contributed by atoms with Crippen molar-refractivity contribution in [3.05, 3.63) is 70.5 Å². The van der Waals surface area contributed by atoms with Crippen LogP contribution in [0.4, 0.5) is 11.4 Å². The summed E-state index contributed by atoms with van der Waals surface area (Å²) in [6.45, 7) is 2.63. The minimum absolute atomic E-state index is 0.0266. The number of nitrogens with one attached hydrogen (secondary N) is 1. The molecule has 0 radical (unpaired) electrons. The van der Waals surface area contributed by atoms with E-state index in [1.165, 1.54) is 11.6 Å². The fourth-order valence-corrected chi connectivity index (χ4v) is 4.85. The molecule has 4 heterocycles. The van der Waals surface area contributed by atoms with Gasteiger partial charge in [-0.1, -0.05) is 18.2 Å². The van der Waals surface area contributed by atoms with Gasteiger partial charge in [-0.15, -0.1) is 0 Å². The molecule has 0 unspecified atom stereocenters. The minimum Gasteiger partial charge on any atom is -0.366 e. The maximum Gasteiger partial charge on any atom is 0.292 e. The number of H-pyrrole nitrogens is 1. The summed E-state index contributed by atoms with van der Waals surface area (Å²) < 4.78 is 0. The number of aromatic nitrogens is 2. The van der Waals surface area contributed by atoms with Gasteiger partial charge in [0.15, 0.2) is 0 Å². The second kappa shape index (κ2) is 8.45. The van der Waals surface area contributed by atoms with Crippen molar-refractivity contribution in [3.8, 4) is 0 Å². The van der Waals surface area contributed by atoms with Crippen LogP contribution in [0.25, 0.3) is 16.6 Å². The molecule has 5 rings (SSSR count). The highest BCUT2D eigenvalue weighted by atomic mass is 16.6. The predicted molar refractivity (Wildman–Crippen MR) is 123 cm³/mol. The molecule has 0 atom stereocenters. The number of nitro benzene ring substituents is 1. The number of piperidine rings is 1. The van der Waals surface area contributed by atoms with Gasteiger partial charge >= 0.3 is 0 Å². The molecule has 8 heteroatoms. The molecule has 2 aromatic heterocycles. The van der Waals surface area contributed by atoms with Crippen LogP contribution in [0.2, 0.25) is 0 Å². The number of rotatable bonds is 4. The first-order chi connectivity index (χ1) is 15.6. The average Bonchev–Trinajstić information content (AvgIpc) is 3.28. The summed E-state index contributed by atoms with van der Waals surface area (Å²) >= 11 is 0. The molecular formula is C24H25N5O3. The standard InChI is InChI=1S/C24H25N5O3/c30-24(18-9-12-27(13-10-18)21-5-1-2-6-22(21)29(31)32)28-14-7-17(8-15-28)20-16-26-23-19(20)4-3-11-25-23/h1-7,11,16,18H,8-10,12-15H2,(H,25,26). The van der Waals surface area contributed by atoms with Gasteiger partial charge in [-0.05, 0) is 43.0 Å². The molecule has 1 aromatic carbocycles. The first-order valence-electron chi connectivity index (χ1n) is 11.0. The number of hydrogen-bond acceptors (Lipinski definition) is 5. The van der Waals surface area contributed by atoms with Gasteiger partial charge in [-0.25, -0.2) is 4.98 Å². The van der Waals surface area contributed by atoms with E-state index in [9.17, 15) is 14.9 Å². The summed E-state index contributed by atoms with van der Waals surface area (Å²) in [5.74, 6) is 0.171. The Kier molecular flexibility index (Phi) is 5.34. The average molecular weight is 431 g/mol. The Hall–Kier alpha value is -3.68. The number of carbonyl (C=O) groups is 1. The number of aromatic amines is 1. The van der Waals surface area contributed by atoms with E-state index in [1.54, 1.807) is 18.3 Å². The number of amides is 1. The Balaban J connectivity index is 1.22. The Morgan fingerprint density at radius 2 is 1.94 bits per heavy atom. The minimum atomic E-state index is -0.339. The molecule has 0 saturated carbocycles.